The Morgan fingerprint density at radius 2 is 2.00 bits per heavy atom. The minimum absolute atomic E-state index is 0.168. The monoisotopic (exact) mass is 271 g/mol. The zero-order valence-electron chi connectivity index (χ0n) is 11.1. The molecule has 3 rings (SSSR count). The summed E-state index contributed by atoms with van der Waals surface area (Å²) in [5.41, 5.74) is 1.89. The van der Waals surface area contributed by atoms with E-state index < -0.39 is 0 Å². The van der Waals surface area contributed by atoms with Gasteiger partial charge in [-0.05, 0) is 42.3 Å². The summed E-state index contributed by atoms with van der Waals surface area (Å²) < 4.78 is 19.0. The molecule has 0 aliphatic carbocycles. The van der Waals surface area contributed by atoms with Crippen molar-refractivity contribution in [2.45, 2.75) is 6.42 Å². The van der Waals surface area contributed by atoms with Gasteiger partial charge in [0.05, 0.1) is 12.8 Å². The summed E-state index contributed by atoms with van der Waals surface area (Å²) in [4.78, 5) is 14.0. The molecule has 0 fully saturated rings. The first-order valence-electron chi connectivity index (χ1n) is 6.44. The number of methoxy groups -OCH3 is 1. The normalized spacial score (nSPS) is 14.1. The van der Waals surface area contributed by atoms with E-state index in [1.54, 1.807) is 37.4 Å². The van der Waals surface area contributed by atoms with Crippen molar-refractivity contribution in [1.29, 1.82) is 0 Å². The van der Waals surface area contributed by atoms with Gasteiger partial charge >= 0.3 is 0 Å². The average Bonchev–Trinajstić information content (AvgIpc) is 2.48. The van der Waals surface area contributed by atoms with E-state index in [2.05, 4.69) is 0 Å². The van der Waals surface area contributed by atoms with Crippen LogP contribution >= 0.6 is 0 Å². The number of rotatable bonds is 2. The molecule has 0 N–H and O–H groups in total. The van der Waals surface area contributed by atoms with Crippen LogP contribution in [0.4, 0.5) is 10.1 Å². The number of carbonyl (C=O) groups excluding carboxylic acids is 1. The molecule has 20 heavy (non-hydrogen) atoms. The van der Waals surface area contributed by atoms with Crippen LogP contribution < -0.4 is 9.64 Å². The van der Waals surface area contributed by atoms with Gasteiger partial charge in [0.1, 0.15) is 11.6 Å². The molecule has 0 saturated heterocycles. The van der Waals surface area contributed by atoms with Crippen molar-refractivity contribution in [3.05, 3.63) is 59.4 Å². The third-order valence-electron chi connectivity index (χ3n) is 3.54. The topological polar surface area (TPSA) is 29.5 Å². The molecule has 0 saturated carbocycles. The summed E-state index contributed by atoms with van der Waals surface area (Å²) in [7, 11) is 1.60. The predicted octanol–water partition coefficient (Wildman–Crippen LogP) is 3.04. The molecule has 2 aromatic rings. The molecule has 0 bridgehead atoms. The van der Waals surface area contributed by atoms with Crippen LogP contribution in [0.25, 0.3) is 0 Å². The van der Waals surface area contributed by atoms with Crippen molar-refractivity contribution in [2.75, 3.05) is 18.6 Å². The lowest BCUT2D eigenvalue weighted by Crippen LogP contribution is -2.38. The second-order valence-corrected chi connectivity index (χ2v) is 4.68. The van der Waals surface area contributed by atoms with Crippen LogP contribution in [-0.4, -0.2) is 19.6 Å². The van der Waals surface area contributed by atoms with Crippen LogP contribution in [0.15, 0.2) is 42.5 Å². The lowest BCUT2D eigenvalue weighted by Gasteiger charge is -2.29. The van der Waals surface area contributed by atoms with Crippen molar-refractivity contribution in [2.24, 2.45) is 0 Å². The Labute approximate surface area is 116 Å². The van der Waals surface area contributed by atoms with E-state index in [-0.39, 0.29) is 11.7 Å². The number of hydrogen-bond acceptors (Lipinski definition) is 2. The third kappa shape index (κ3) is 2.03. The van der Waals surface area contributed by atoms with Crippen LogP contribution in [0.3, 0.4) is 0 Å². The number of nitrogens with zero attached hydrogens (tertiary/aromatic N) is 1. The van der Waals surface area contributed by atoms with Crippen molar-refractivity contribution in [1.82, 2.24) is 0 Å². The highest BCUT2D eigenvalue weighted by molar-refractivity contribution is 6.08. The largest absolute Gasteiger partial charge is 0.497 e. The SMILES string of the molecule is COc1ccc2c(c1)CCN(c1ccccc1F)C2=O. The molecular weight excluding hydrogens is 257 g/mol. The summed E-state index contributed by atoms with van der Waals surface area (Å²) in [6, 6.07) is 11.7. The second kappa shape index (κ2) is 4.96. The molecule has 1 aliphatic heterocycles. The van der Waals surface area contributed by atoms with Crippen LogP contribution in [0.1, 0.15) is 15.9 Å². The Kier molecular flexibility index (Phi) is 3.14. The molecule has 0 unspecified atom stereocenters. The Morgan fingerprint density at radius 3 is 2.75 bits per heavy atom. The third-order valence-corrected chi connectivity index (χ3v) is 3.54. The van der Waals surface area contributed by atoms with Crippen molar-refractivity contribution in [3.8, 4) is 5.75 Å². The quantitative estimate of drug-likeness (QED) is 0.840. The first-order chi connectivity index (χ1) is 9.70. The molecule has 102 valence electrons. The van der Waals surface area contributed by atoms with Gasteiger partial charge in [-0.2, -0.15) is 0 Å². The first-order valence-corrected chi connectivity index (χ1v) is 6.44. The molecule has 0 atom stereocenters. The van der Waals surface area contributed by atoms with Gasteiger partial charge in [0.15, 0.2) is 0 Å². The summed E-state index contributed by atoms with van der Waals surface area (Å²) in [5.74, 6) is 0.188. The fourth-order valence-electron chi connectivity index (χ4n) is 2.49. The Morgan fingerprint density at radius 1 is 1.20 bits per heavy atom. The van der Waals surface area contributed by atoms with Crippen molar-refractivity contribution >= 4 is 11.6 Å². The smallest absolute Gasteiger partial charge is 0.258 e. The molecule has 0 aromatic heterocycles. The Balaban J connectivity index is 1.99. The molecular formula is C16H14FNO2. The van der Waals surface area contributed by atoms with E-state index in [1.807, 2.05) is 6.07 Å². The second-order valence-electron chi connectivity index (χ2n) is 4.68. The maximum Gasteiger partial charge on any atom is 0.258 e. The number of amides is 1. The maximum absolute atomic E-state index is 13.8. The number of anilines is 1. The highest BCUT2D eigenvalue weighted by atomic mass is 19.1. The van der Waals surface area contributed by atoms with Crippen LogP contribution in [-0.2, 0) is 6.42 Å². The molecule has 1 amide bonds. The fourth-order valence-corrected chi connectivity index (χ4v) is 2.49. The number of benzene rings is 2. The standard InChI is InChI=1S/C16H14FNO2/c1-20-12-6-7-13-11(10-12)8-9-18(16(13)19)15-5-3-2-4-14(15)17/h2-7,10H,8-9H2,1H3. The fraction of sp³-hybridized carbons (Fsp3) is 0.188. The van der Waals surface area contributed by atoms with Gasteiger partial charge in [0.2, 0.25) is 0 Å². The number of carbonyl (C=O) groups is 1. The van der Waals surface area contributed by atoms with E-state index in [1.165, 1.54) is 11.0 Å². The van der Waals surface area contributed by atoms with Crippen molar-refractivity contribution in [3.63, 3.8) is 0 Å². The Hall–Kier alpha value is -2.36. The van der Waals surface area contributed by atoms with Crippen LogP contribution in [0, 0.1) is 5.82 Å². The van der Waals surface area contributed by atoms with E-state index in [4.69, 9.17) is 4.74 Å². The summed E-state index contributed by atoms with van der Waals surface area (Å²) >= 11 is 0. The number of ether oxygens (including phenoxy) is 1. The minimum atomic E-state index is -0.377. The van der Waals surface area contributed by atoms with Gasteiger partial charge < -0.3 is 9.64 Å². The van der Waals surface area contributed by atoms with E-state index in [0.29, 0.717) is 24.2 Å². The van der Waals surface area contributed by atoms with Gasteiger partial charge in [0.25, 0.3) is 5.91 Å². The molecule has 3 nitrogen and oxygen atoms in total. The number of halogens is 1. The number of fused-ring (bicyclic) bond motifs is 1. The summed E-state index contributed by atoms with van der Waals surface area (Å²) in [5, 5.41) is 0. The highest BCUT2D eigenvalue weighted by Gasteiger charge is 2.27. The van der Waals surface area contributed by atoms with Crippen LogP contribution in [0.5, 0.6) is 5.75 Å². The number of hydrogen-bond donors (Lipinski definition) is 0. The van der Waals surface area contributed by atoms with Gasteiger partial charge in [-0.25, -0.2) is 4.39 Å². The van der Waals surface area contributed by atoms with Gasteiger partial charge in [0, 0.05) is 12.1 Å². The first kappa shape index (κ1) is 12.7. The van der Waals surface area contributed by atoms with Gasteiger partial charge in [-0.3, -0.25) is 4.79 Å². The molecule has 1 heterocycles. The molecule has 0 radical (unpaired) electrons. The van der Waals surface area contributed by atoms with Crippen molar-refractivity contribution < 1.29 is 13.9 Å². The maximum atomic E-state index is 13.8. The van der Waals surface area contributed by atoms with E-state index in [0.717, 1.165) is 11.3 Å². The lowest BCUT2D eigenvalue weighted by atomic mass is 9.98. The molecule has 4 heteroatoms. The van der Waals surface area contributed by atoms with Crippen LogP contribution in [0.2, 0.25) is 0 Å². The average molecular weight is 271 g/mol. The summed E-state index contributed by atoms with van der Waals surface area (Å²) in [6.45, 7) is 0.472. The zero-order chi connectivity index (χ0) is 14.1. The highest BCUT2D eigenvalue weighted by Crippen LogP contribution is 2.28. The summed E-state index contributed by atoms with van der Waals surface area (Å²) in [6.07, 6.45) is 0.687. The molecule has 0 spiro atoms. The van der Waals surface area contributed by atoms with E-state index in [9.17, 15) is 9.18 Å². The lowest BCUT2D eigenvalue weighted by molar-refractivity contribution is 0.0979. The minimum Gasteiger partial charge on any atom is -0.497 e. The number of para-hydroxylation sites is 1. The van der Waals surface area contributed by atoms with Gasteiger partial charge in [-0.15, -0.1) is 0 Å². The molecule has 2 aromatic carbocycles. The predicted molar refractivity (Wildman–Crippen MR) is 74.8 cm³/mol. The van der Waals surface area contributed by atoms with Gasteiger partial charge in [-0.1, -0.05) is 12.1 Å². The Bertz CT molecular complexity index is 669. The molecule has 1 aliphatic rings. The zero-order valence-corrected chi connectivity index (χ0v) is 11.1. The van der Waals surface area contributed by atoms with E-state index >= 15 is 0 Å².